The fourth-order valence-electron chi connectivity index (χ4n) is 1.71. The average molecular weight is 232 g/mol. The third kappa shape index (κ3) is 2.85. The largest absolute Gasteiger partial charge is 0.464 e. The number of amides is 1. The molecule has 2 aromatic rings. The van der Waals surface area contributed by atoms with Crippen LogP contribution in [0.15, 0.2) is 34.9 Å². The lowest BCUT2D eigenvalue weighted by molar-refractivity contribution is -0.121. The van der Waals surface area contributed by atoms with Crippen molar-refractivity contribution >= 4 is 16.9 Å². The van der Waals surface area contributed by atoms with Crippen molar-refractivity contribution in [1.82, 2.24) is 5.32 Å². The highest BCUT2D eigenvalue weighted by atomic mass is 16.3. The lowest BCUT2D eigenvalue weighted by atomic mass is 10.2. The summed E-state index contributed by atoms with van der Waals surface area (Å²) in [5, 5.41) is 3.91. The Morgan fingerprint density at radius 2 is 2.18 bits per heavy atom. The summed E-state index contributed by atoms with van der Waals surface area (Å²) >= 11 is 0. The van der Waals surface area contributed by atoms with Gasteiger partial charge in [-0.3, -0.25) is 4.79 Å². The minimum Gasteiger partial charge on any atom is -0.464 e. The molecule has 1 aromatic carbocycles. The van der Waals surface area contributed by atoms with E-state index in [1.54, 1.807) is 6.26 Å². The van der Waals surface area contributed by atoms with Gasteiger partial charge in [-0.2, -0.15) is 0 Å². The van der Waals surface area contributed by atoms with Crippen LogP contribution in [0.25, 0.3) is 11.0 Å². The maximum atomic E-state index is 11.4. The molecule has 3 N–H and O–H groups in total. The molecule has 0 atom stereocenters. The van der Waals surface area contributed by atoms with Gasteiger partial charge in [0.25, 0.3) is 0 Å². The molecule has 0 saturated carbocycles. The Hall–Kier alpha value is -1.81. The van der Waals surface area contributed by atoms with Gasteiger partial charge in [-0.05, 0) is 19.0 Å². The number of fused-ring (bicyclic) bond motifs is 1. The van der Waals surface area contributed by atoms with Gasteiger partial charge in [0.15, 0.2) is 0 Å². The van der Waals surface area contributed by atoms with E-state index in [4.69, 9.17) is 10.2 Å². The molecule has 0 spiro atoms. The molecule has 0 radical (unpaired) electrons. The third-order valence-corrected chi connectivity index (χ3v) is 2.65. The van der Waals surface area contributed by atoms with Crippen molar-refractivity contribution in [2.24, 2.45) is 5.73 Å². The van der Waals surface area contributed by atoms with Crippen molar-refractivity contribution < 1.29 is 9.21 Å². The van der Waals surface area contributed by atoms with Crippen LogP contribution in [0.2, 0.25) is 0 Å². The van der Waals surface area contributed by atoms with Gasteiger partial charge >= 0.3 is 0 Å². The standard InChI is InChI=1S/C13H16N2O2/c14-7-3-6-13(16)15-8-10-9-17-12-5-2-1-4-11(10)12/h1-2,4-5,9H,3,6-8,14H2,(H,15,16). The van der Waals surface area contributed by atoms with Gasteiger partial charge in [-0.25, -0.2) is 0 Å². The van der Waals surface area contributed by atoms with Gasteiger partial charge in [0.05, 0.1) is 6.26 Å². The summed E-state index contributed by atoms with van der Waals surface area (Å²) in [7, 11) is 0. The Labute approximate surface area is 99.8 Å². The maximum Gasteiger partial charge on any atom is 0.220 e. The van der Waals surface area contributed by atoms with Gasteiger partial charge in [0.2, 0.25) is 5.91 Å². The van der Waals surface area contributed by atoms with Crippen molar-refractivity contribution in [3.63, 3.8) is 0 Å². The summed E-state index contributed by atoms with van der Waals surface area (Å²) in [6, 6.07) is 7.78. The van der Waals surface area contributed by atoms with E-state index < -0.39 is 0 Å². The zero-order valence-electron chi connectivity index (χ0n) is 9.61. The molecule has 1 heterocycles. The zero-order valence-corrected chi connectivity index (χ0v) is 9.61. The van der Waals surface area contributed by atoms with E-state index in [9.17, 15) is 4.79 Å². The first-order valence-corrected chi connectivity index (χ1v) is 5.73. The zero-order chi connectivity index (χ0) is 12.1. The molecular weight excluding hydrogens is 216 g/mol. The molecule has 1 aromatic heterocycles. The molecule has 0 fully saturated rings. The number of hydrogen-bond donors (Lipinski definition) is 2. The maximum absolute atomic E-state index is 11.4. The minimum absolute atomic E-state index is 0.0285. The summed E-state index contributed by atoms with van der Waals surface area (Å²) < 4.78 is 5.39. The fourth-order valence-corrected chi connectivity index (χ4v) is 1.71. The van der Waals surface area contributed by atoms with Gasteiger partial charge < -0.3 is 15.5 Å². The van der Waals surface area contributed by atoms with Gasteiger partial charge in [-0.15, -0.1) is 0 Å². The van der Waals surface area contributed by atoms with E-state index in [-0.39, 0.29) is 5.91 Å². The van der Waals surface area contributed by atoms with Crippen LogP contribution in [0.4, 0.5) is 0 Å². The quantitative estimate of drug-likeness (QED) is 0.825. The highest BCUT2D eigenvalue weighted by molar-refractivity contribution is 5.82. The second-order valence-corrected chi connectivity index (χ2v) is 3.93. The Morgan fingerprint density at radius 1 is 1.35 bits per heavy atom. The Morgan fingerprint density at radius 3 is 3.00 bits per heavy atom. The molecule has 0 saturated heterocycles. The topological polar surface area (TPSA) is 68.3 Å². The second kappa shape index (κ2) is 5.50. The molecule has 4 heteroatoms. The first-order chi connectivity index (χ1) is 8.31. The number of carbonyl (C=O) groups excluding carboxylic acids is 1. The van der Waals surface area contributed by atoms with Crippen molar-refractivity contribution in [3.8, 4) is 0 Å². The predicted octanol–water partition coefficient (Wildman–Crippen LogP) is 1.79. The Kier molecular flexibility index (Phi) is 3.77. The molecule has 0 bridgehead atoms. The fraction of sp³-hybridized carbons (Fsp3) is 0.308. The number of hydrogen-bond acceptors (Lipinski definition) is 3. The van der Waals surface area contributed by atoms with Crippen LogP contribution < -0.4 is 11.1 Å². The minimum atomic E-state index is 0.0285. The van der Waals surface area contributed by atoms with Crippen LogP contribution in [0, 0.1) is 0 Å². The number of furan rings is 1. The Bertz CT molecular complexity index is 505. The molecule has 0 unspecified atom stereocenters. The molecule has 0 aliphatic rings. The third-order valence-electron chi connectivity index (χ3n) is 2.65. The Balaban J connectivity index is 1.97. The first kappa shape index (κ1) is 11.7. The van der Waals surface area contributed by atoms with E-state index >= 15 is 0 Å². The number of nitrogens with two attached hydrogens (primary N) is 1. The SMILES string of the molecule is NCCCC(=O)NCc1coc2ccccc12. The first-order valence-electron chi connectivity index (χ1n) is 5.73. The molecule has 1 amide bonds. The smallest absolute Gasteiger partial charge is 0.220 e. The number of benzene rings is 1. The molecule has 2 rings (SSSR count). The second-order valence-electron chi connectivity index (χ2n) is 3.93. The molecule has 0 aliphatic carbocycles. The van der Waals surface area contributed by atoms with E-state index in [0.717, 1.165) is 23.0 Å². The van der Waals surface area contributed by atoms with Crippen LogP contribution >= 0.6 is 0 Å². The van der Waals surface area contributed by atoms with Crippen molar-refractivity contribution in [3.05, 3.63) is 36.1 Å². The predicted molar refractivity (Wildman–Crippen MR) is 66.3 cm³/mol. The van der Waals surface area contributed by atoms with Crippen molar-refractivity contribution in [1.29, 1.82) is 0 Å². The molecular formula is C13H16N2O2. The summed E-state index contributed by atoms with van der Waals surface area (Å²) in [5.41, 5.74) is 7.19. The summed E-state index contributed by atoms with van der Waals surface area (Å²) in [6.07, 6.45) is 2.89. The van der Waals surface area contributed by atoms with E-state index in [0.29, 0.717) is 19.5 Å². The molecule has 90 valence electrons. The highest BCUT2D eigenvalue weighted by Crippen LogP contribution is 2.20. The summed E-state index contributed by atoms with van der Waals surface area (Å²) in [5.74, 6) is 0.0285. The lowest BCUT2D eigenvalue weighted by Crippen LogP contribution is -2.23. The number of carbonyl (C=O) groups is 1. The van der Waals surface area contributed by atoms with E-state index in [2.05, 4.69) is 5.32 Å². The average Bonchev–Trinajstić information content (AvgIpc) is 2.77. The monoisotopic (exact) mass is 232 g/mol. The number of nitrogens with one attached hydrogen (secondary N) is 1. The van der Waals surface area contributed by atoms with E-state index in [1.807, 2.05) is 24.3 Å². The van der Waals surface area contributed by atoms with Gasteiger partial charge in [-0.1, -0.05) is 18.2 Å². The van der Waals surface area contributed by atoms with Gasteiger partial charge in [0, 0.05) is 23.9 Å². The normalized spacial score (nSPS) is 10.6. The molecule has 0 aliphatic heterocycles. The van der Waals surface area contributed by atoms with Crippen LogP contribution in [0.1, 0.15) is 18.4 Å². The summed E-state index contributed by atoms with van der Waals surface area (Å²) in [4.78, 5) is 11.4. The summed E-state index contributed by atoms with van der Waals surface area (Å²) in [6.45, 7) is 1.04. The van der Waals surface area contributed by atoms with Crippen LogP contribution in [-0.2, 0) is 11.3 Å². The number of rotatable bonds is 5. The van der Waals surface area contributed by atoms with E-state index in [1.165, 1.54) is 0 Å². The van der Waals surface area contributed by atoms with Gasteiger partial charge in [0.1, 0.15) is 5.58 Å². The highest BCUT2D eigenvalue weighted by Gasteiger charge is 2.06. The molecule has 4 nitrogen and oxygen atoms in total. The van der Waals surface area contributed by atoms with Crippen LogP contribution in [-0.4, -0.2) is 12.5 Å². The van der Waals surface area contributed by atoms with Crippen molar-refractivity contribution in [2.75, 3.05) is 6.54 Å². The lowest BCUT2D eigenvalue weighted by Gasteiger charge is -2.02. The van der Waals surface area contributed by atoms with Crippen molar-refractivity contribution in [2.45, 2.75) is 19.4 Å². The molecule has 17 heavy (non-hydrogen) atoms. The van der Waals surface area contributed by atoms with Crippen LogP contribution in [0.3, 0.4) is 0 Å². The number of para-hydroxylation sites is 1. The van der Waals surface area contributed by atoms with Crippen LogP contribution in [0.5, 0.6) is 0 Å².